The van der Waals surface area contributed by atoms with Gasteiger partial charge in [0.15, 0.2) is 6.10 Å². The van der Waals surface area contributed by atoms with E-state index in [0.29, 0.717) is 19.6 Å². The van der Waals surface area contributed by atoms with Crippen LogP contribution in [-0.4, -0.2) is 30.4 Å². The normalized spacial score (nSPS) is 12.5. The van der Waals surface area contributed by atoms with Crippen LogP contribution >= 0.6 is 0 Å². The van der Waals surface area contributed by atoms with Crippen molar-refractivity contribution in [1.82, 2.24) is 0 Å². The number of ether oxygens (including phenoxy) is 2. The lowest BCUT2D eigenvalue weighted by atomic mass is 10.1. The lowest BCUT2D eigenvalue weighted by Gasteiger charge is -2.12. The van der Waals surface area contributed by atoms with E-state index < -0.39 is 12.1 Å². The minimum atomic E-state index is -0.951. The van der Waals surface area contributed by atoms with Gasteiger partial charge in [0.05, 0.1) is 0 Å². The van der Waals surface area contributed by atoms with Gasteiger partial charge in [0.1, 0.15) is 23.7 Å². The molecule has 1 heterocycles. The van der Waals surface area contributed by atoms with E-state index in [4.69, 9.17) is 19.0 Å². The van der Waals surface area contributed by atoms with Gasteiger partial charge in [-0.05, 0) is 48.9 Å². The number of hydrogen-bond donors (Lipinski definition) is 1. The number of carboxylic acid groups (broad SMARTS) is 1. The van der Waals surface area contributed by atoms with Crippen LogP contribution in [0.15, 0.2) is 65.1 Å². The van der Waals surface area contributed by atoms with Gasteiger partial charge in [-0.15, -0.1) is 0 Å². The molecular weight excluding hydrogens is 344 g/mol. The molecule has 0 aliphatic rings. The number of fused-ring (bicyclic) bond motifs is 1. The Bertz CT molecular complexity index is 875. The highest BCUT2D eigenvalue weighted by molar-refractivity contribution is 5.79. The van der Waals surface area contributed by atoms with E-state index in [1.54, 1.807) is 6.92 Å². The Hall–Kier alpha value is -3.05. The van der Waals surface area contributed by atoms with Crippen molar-refractivity contribution in [3.8, 4) is 5.75 Å². The summed E-state index contributed by atoms with van der Waals surface area (Å²) in [6, 6.07) is 17.2. The average Bonchev–Trinajstić information content (AvgIpc) is 3.09. The van der Waals surface area contributed by atoms with E-state index >= 15 is 0 Å². The molecule has 0 aliphatic heterocycles. The quantitative estimate of drug-likeness (QED) is 0.601. The van der Waals surface area contributed by atoms with Gasteiger partial charge in [-0.3, -0.25) is 0 Å². The van der Waals surface area contributed by atoms with E-state index in [0.717, 1.165) is 28.0 Å². The van der Waals surface area contributed by atoms with E-state index in [9.17, 15) is 4.79 Å². The molecule has 0 saturated heterocycles. The molecule has 5 nitrogen and oxygen atoms in total. The molecular formula is C22H22O5. The van der Waals surface area contributed by atoms with Gasteiger partial charge in [-0.25, -0.2) is 4.79 Å². The Morgan fingerprint density at radius 2 is 1.96 bits per heavy atom. The molecule has 3 aromatic rings. The summed E-state index contributed by atoms with van der Waals surface area (Å²) in [6.45, 7) is 2.56. The highest BCUT2D eigenvalue weighted by Crippen LogP contribution is 2.20. The Kier molecular flexibility index (Phi) is 6.28. The summed E-state index contributed by atoms with van der Waals surface area (Å²) >= 11 is 0. The van der Waals surface area contributed by atoms with Gasteiger partial charge in [0, 0.05) is 18.4 Å². The first-order chi connectivity index (χ1) is 13.2. The van der Waals surface area contributed by atoms with Gasteiger partial charge >= 0.3 is 5.97 Å². The molecule has 0 fully saturated rings. The summed E-state index contributed by atoms with van der Waals surface area (Å²) < 4.78 is 16.6. The highest BCUT2D eigenvalue weighted by atomic mass is 16.5. The van der Waals surface area contributed by atoms with Gasteiger partial charge < -0.3 is 19.0 Å². The number of furan rings is 1. The van der Waals surface area contributed by atoms with Crippen LogP contribution < -0.4 is 4.74 Å². The number of benzene rings is 2. The average molecular weight is 366 g/mol. The number of aliphatic carboxylic acids is 1. The minimum Gasteiger partial charge on any atom is -0.490 e. The standard InChI is InChI=1S/C22H22O5/c1-2-25-21(22(23)24)14-16-9-11-18(12-10-16)26-13-5-7-19-15-17-6-3-4-8-20(17)27-19/h3-12,15,21H,2,13-14H2,1H3,(H,23,24)/b7-5+. The second kappa shape index (κ2) is 9.05. The molecule has 2 aromatic carbocycles. The number of carboxylic acids is 1. The predicted octanol–water partition coefficient (Wildman–Crippen LogP) is 4.56. The van der Waals surface area contributed by atoms with Gasteiger partial charge in [-0.2, -0.15) is 0 Å². The molecule has 1 aromatic heterocycles. The number of carbonyl (C=O) groups is 1. The van der Waals surface area contributed by atoms with Crippen molar-refractivity contribution in [1.29, 1.82) is 0 Å². The maximum absolute atomic E-state index is 11.1. The van der Waals surface area contributed by atoms with Gasteiger partial charge in [0.25, 0.3) is 0 Å². The van der Waals surface area contributed by atoms with Crippen molar-refractivity contribution in [3.63, 3.8) is 0 Å². The predicted molar refractivity (Wildman–Crippen MR) is 104 cm³/mol. The van der Waals surface area contributed by atoms with Crippen molar-refractivity contribution in [2.75, 3.05) is 13.2 Å². The molecule has 0 bridgehead atoms. The van der Waals surface area contributed by atoms with Gasteiger partial charge in [-0.1, -0.05) is 30.3 Å². The van der Waals surface area contributed by atoms with Crippen molar-refractivity contribution >= 4 is 23.0 Å². The van der Waals surface area contributed by atoms with Crippen LogP contribution in [0.25, 0.3) is 17.0 Å². The van der Waals surface area contributed by atoms with Crippen LogP contribution in [-0.2, 0) is 16.0 Å². The summed E-state index contributed by atoms with van der Waals surface area (Å²) in [6.07, 6.45) is 3.28. The summed E-state index contributed by atoms with van der Waals surface area (Å²) in [4.78, 5) is 11.1. The molecule has 5 heteroatoms. The zero-order valence-corrected chi connectivity index (χ0v) is 15.1. The van der Waals surface area contributed by atoms with Crippen molar-refractivity contribution < 1.29 is 23.8 Å². The highest BCUT2D eigenvalue weighted by Gasteiger charge is 2.17. The zero-order chi connectivity index (χ0) is 19.1. The molecule has 0 aliphatic carbocycles. The maximum atomic E-state index is 11.1. The lowest BCUT2D eigenvalue weighted by molar-refractivity contribution is -0.149. The van der Waals surface area contributed by atoms with Crippen LogP contribution in [0, 0.1) is 0 Å². The topological polar surface area (TPSA) is 68.9 Å². The zero-order valence-electron chi connectivity index (χ0n) is 15.1. The Morgan fingerprint density at radius 3 is 2.67 bits per heavy atom. The fraction of sp³-hybridized carbons (Fsp3) is 0.227. The molecule has 0 saturated carbocycles. The summed E-state index contributed by atoms with van der Waals surface area (Å²) in [7, 11) is 0. The third kappa shape index (κ3) is 5.21. The van der Waals surface area contributed by atoms with Crippen LogP contribution in [0.2, 0.25) is 0 Å². The van der Waals surface area contributed by atoms with E-state index in [1.807, 2.05) is 66.7 Å². The molecule has 0 spiro atoms. The number of hydrogen-bond acceptors (Lipinski definition) is 4. The molecule has 3 rings (SSSR count). The van der Waals surface area contributed by atoms with E-state index in [-0.39, 0.29) is 0 Å². The van der Waals surface area contributed by atoms with Crippen LogP contribution in [0.5, 0.6) is 5.75 Å². The Labute approximate surface area is 157 Å². The third-order valence-corrected chi connectivity index (χ3v) is 4.06. The fourth-order valence-corrected chi connectivity index (χ4v) is 2.75. The van der Waals surface area contributed by atoms with Crippen molar-refractivity contribution in [3.05, 3.63) is 72.0 Å². The fourth-order valence-electron chi connectivity index (χ4n) is 2.75. The van der Waals surface area contributed by atoms with Crippen LogP contribution in [0.1, 0.15) is 18.2 Å². The molecule has 27 heavy (non-hydrogen) atoms. The third-order valence-electron chi connectivity index (χ3n) is 4.06. The SMILES string of the molecule is CCOC(Cc1ccc(OC/C=C/c2cc3ccccc3o2)cc1)C(=O)O. The number of para-hydroxylation sites is 1. The van der Waals surface area contributed by atoms with E-state index in [2.05, 4.69) is 0 Å². The van der Waals surface area contributed by atoms with Crippen LogP contribution in [0.3, 0.4) is 0 Å². The minimum absolute atomic E-state index is 0.329. The Balaban J connectivity index is 1.51. The first-order valence-electron chi connectivity index (χ1n) is 8.87. The molecule has 140 valence electrons. The second-order valence-corrected chi connectivity index (χ2v) is 6.03. The van der Waals surface area contributed by atoms with Crippen molar-refractivity contribution in [2.45, 2.75) is 19.4 Å². The summed E-state index contributed by atoms with van der Waals surface area (Å²) in [5.74, 6) is 0.551. The van der Waals surface area contributed by atoms with Crippen LogP contribution in [0.4, 0.5) is 0 Å². The first-order valence-corrected chi connectivity index (χ1v) is 8.87. The second-order valence-electron chi connectivity index (χ2n) is 6.03. The lowest BCUT2D eigenvalue weighted by Crippen LogP contribution is -2.26. The largest absolute Gasteiger partial charge is 0.490 e. The maximum Gasteiger partial charge on any atom is 0.333 e. The smallest absolute Gasteiger partial charge is 0.333 e. The Morgan fingerprint density at radius 1 is 1.19 bits per heavy atom. The molecule has 1 N–H and O–H groups in total. The molecule has 0 radical (unpaired) electrons. The summed E-state index contributed by atoms with van der Waals surface area (Å²) in [5.41, 5.74) is 1.75. The molecule has 0 amide bonds. The van der Waals surface area contributed by atoms with Crippen molar-refractivity contribution in [2.24, 2.45) is 0 Å². The summed E-state index contributed by atoms with van der Waals surface area (Å²) in [5, 5.41) is 10.2. The monoisotopic (exact) mass is 366 g/mol. The number of rotatable bonds is 9. The van der Waals surface area contributed by atoms with Gasteiger partial charge in [0.2, 0.25) is 0 Å². The van der Waals surface area contributed by atoms with E-state index in [1.165, 1.54) is 0 Å². The molecule has 1 unspecified atom stereocenters. The molecule has 1 atom stereocenters. The first kappa shape index (κ1) is 18.7.